The number of carbonyl (C=O) groups is 1. The van der Waals surface area contributed by atoms with Gasteiger partial charge in [0.25, 0.3) is 0 Å². The highest BCUT2D eigenvalue weighted by Gasteiger charge is 2.33. The van der Waals surface area contributed by atoms with Gasteiger partial charge < -0.3 is 10.5 Å². The van der Waals surface area contributed by atoms with Crippen molar-refractivity contribution in [2.75, 3.05) is 6.61 Å². The second kappa shape index (κ2) is 4.72. The van der Waals surface area contributed by atoms with Gasteiger partial charge in [-0.3, -0.25) is 9.48 Å². The molecule has 5 nitrogen and oxygen atoms in total. The summed E-state index contributed by atoms with van der Waals surface area (Å²) in [5, 5.41) is 4.27. The summed E-state index contributed by atoms with van der Waals surface area (Å²) in [6.07, 6.45) is 3.63. The average Bonchev–Trinajstić information content (AvgIpc) is 2.60. The lowest BCUT2D eigenvalue weighted by molar-refractivity contribution is -0.144. The monoisotopic (exact) mass is 251 g/mol. The van der Waals surface area contributed by atoms with Crippen LogP contribution in [0.3, 0.4) is 0 Å². The van der Waals surface area contributed by atoms with E-state index in [2.05, 4.69) is 18.9 Å². The minimum Gasteiger partial charge on any atom is -0.465 e. The van der Waals surface area contributed by atoms with Gasteiger partial charge in [0.1, 0.15) is 6.54 Å². The quantitative estimate of drug-likeness (QED) is 0.825. The molecule has 1 unspecified atom stereocenters. The van der Waals surface area contributed by atoms with E-state index in [0.717, 1.165) is 24.1 Å². The highest BCUT2D eigenvalue weighted by molar-refractivity contribution is 5.69. The molecule has 5 heteroatoms. The topological polar surface area (TPSA) is 70.1 Å². The van der Waals surface area contributed by atoms with Crippen LogP contribution in [-0.2, 0) is 22.5 Å². The zero-order valence-electron chi connectivity index (χ0n) is 11.3. The Hall–Kier alpha value is -1.36. The Morgan fingerprint density at radius 2 is 2.39 bits per heavy atom. The van der Waals surface area contributed by atoms with Crippen LogP contribution < -0.4 is 5.73 Å². The zero-order valence-corrected chi connectivity index (χ0v) is 11.3. The molecule has 2 rings (SSSR count). The fourth-order valence-electron chi connectivity index (χ4n) is 2.62. The van der Waals surface area contributed by atoms with Gasteiger partial charge in [0.15, 0.2) is 0 Å². The Labute approximate surface area is 107 Å². The van der Waals surface area contributed by atoms with Crippen molar-refractivity contribution < 1.29 is 9.53 Å². The lowest BCUT2D eigenvalue weighted by Crippen LogP contribution is -2.31. The third-order valence-corrected chi connectivity index (χ3v) is 3.38. The van der Waals surface area contributed by atoms with Crippen LogP contribution in [0.5, 0.6) is 0 Å². The maximum Gasteiger partial charge on any atom is 0.327 e. The minimum absolute atomic E-state index is 0.0136. The van der Waals surface area contributed by atoms with Crippen molar-refractivity contribution in [3.63, 3.8) is 0 Å². The van der Waals surface area contributed by atoms with Crippen molar-refractivity contribution in [1.29, 1.82) is 0 Å². The number of hydrogen-bond acceptors (Lipinski definition) is 4. The highest BCUT2D eigenvalue weighted by Crippen LogP contribution is 2.39. The van der Waals surface area contributed by atoms with Crippen LogP contribution in [0.2, 0.25) is 0 Å². The number of carbonyl (C=O) groups excluding carboxylic acids is 1. The van der Waals surface area contributed by atoms with Crippen LogP contribution >= 0.6 is 0 Å². The molecule has 0 bridgehead atoms. The standard InChI is InChI=1S/C13H21N3O2/c1-4-18-12(17)8-16-11-6-13(2,3)5-10(14)9(11)7-15-16/h7,10H,4-6,8,14H2,1-3H3. The third-order valence-electron chi connectivity index (χ3n) is 3.38. The fourth-order valence-corrected chi connectivity index (χ4v) is 2.62. The molecule has 0 saturated carbocycles. The van der Waals surface area contributed by atoms with E-state index in [1.807, 2.05) is 0 Å². The second-order valence-corrected chi connectivity index (χ2v) is 5.66. The molecule has 0 radical (unpaired) electrons. The van der Waals surface area contributed by atoms with Crippen LogP contribution in [0.15, 0.2) is 6.20 Å². The highest BCUT2D eigenvalue weighted by atomic mass is 16.5. The molecule has 0 aliphatic heterocycles. The SMILES string of the molecule is CCOC(=O)Cn1ncc2c1CC(C)(C)CC2N. The summed E-state index contributed by atoms with van der Waals surface area (Å²) >= 11 is 0. The predicted molar refractivity (Wildman–Crippen MR) is 67.9 cm³/mol. The van der Waals surface area contributed by atoms with Crippen molar-refractivity contribution in [1.82, 2.24) is 9.78 Å². The van der Waals surface area contributed by atoms with Crippen LogP contribution in [0.4, 0.5) is 0 Å². The van der Waals surface area contributed by atoms with Gasteiger partial charge in [-0.05, 0) is 25.2 Å². The molecule has 1 aromatic heterocycles. The summed E-state index contributed by atoms with van der Waals surface area (Å²) in [6.45, 7) is 6.75. The first-order chi connectivity index (χ1) is 8.43. The van der Waals surface area contributed by atoms with Crippen molar-refractivity contribution in [2.24, 2.45) is 11.1 Å². The molecule has 1 atom stereocenters. The third kappa shape index (κ3) is 2.56. The van der Waals surface area contributed by atoms with E-state index in [0.29, 0.717) is 6.61 Å². The molecular weight excluding hydrogens is 230 g/mol. The summed E-state index contributed by atoms with van der Waals surface area (Å²) in [4.78, 5) is 11.5. The van der Waals surface area contributed by atoms with E-state index in [4.69, 9.17) is 10.5 Å². The van der Waals surface area contributed by atoms with Crippen LogP contribution in [-0.4, -0.2) is 22.4 Å². The van der Waals surface area contributed by atoms with E-state index in [1.165, 1.54) is 0 Å². The van der Waals surface area contributed by atoms with Gasteiger partial charge in [0.05, 0.1) is 12.8 Å². The first-order valence-electron chi connectivity index (χ1n) is 6.39. The molecule has 0 fully saturated rings. The summed E-state index contributed by atoms with van der Waals surface area (Å²) in [7, 11) is 0. The van der Waals surface area contributed by atoms with E-state index >= 15 is 0 Å². The minimum atomic E-state index is -0.250. The lowest BCUT2D eigenvalue weighted by Gasteiger charge is -2.33. The molecule has 2 N–H and O–H groups in total. The summed E-state index contributed by atoms with van der Waals surface area (Å²) in [5.41, 5.74) is 8.45. The van der Waals surface area contributed by atoms with E-state index < -0.39 is 0 Å². The van der Waals surface area contributed by atoms with Gasteiger partial charge >= 0.3 is 5.97 Å². The fraction of sp³-hybridized carbons (Fsp3) is 0.692. The first kappa shape index (κ1) is 13.1. The van der Waals surface area contributed by atoms with Gasteiger partial charge in [-0.2, -0.15) is 5.10 Å². The van der Waals surface area contributed by atoms with Gasteiger partial charge in [-0.15, -0.1) is 0 Å². The molecule has 1 aliphatic rings. The molecule has 0 spiro atoms. The number of fused-ring (bicyclic) bond motifs is 1. The first-order valence-corrected chi connectivity index (χ1v) is 6.39. The molecule has 0 aromatic carbocycles. The molecule has 1 heterocycles. The van der Waals surface area contributed by atoms with Crippen molar-refractivity contribution >= 4 is 5.97 Å². The van der Waals surface area contributed by atoms with Crippen molar-refractivity contribution in [3.05, 3.63) is 17.5 Å². The lowest BCUT2D eigenvalue weighted by atomic mass is 9.75. The van der Waals surface area contributed by atoms with E-state index in [-0.39, 0.29) is 24.0 Å². The Balaban J connectivity index is 2.23. The zero-order chi connectivity index (χ0) is 13.3. The normalized spacial score (nSPS) is 21.4. The summed E-state index contributed by atoms with van der Waals surface area (Å²) in [6, 6.07) is 0.0136. The van der Waals surface area contributed by atoms with E-state index in [1.54, 1.807) is 17.8 Å². The Kier molecular flexibility index (Phi) is 3.43. The van der Waals surface area contributed by atoms with Gasteiger partial charge in [0, 0.05) is 17.3 Å². The van der Waals surface area contributed by atoms with Gasteiger partial charge in [0.2, 0.25) is 0 Å². The van der Waals surface area contributed by atoms with Gasteiger partial charge in [-0.1, -0.05) is 13.8 Å². The van der Waals surface area contributed by atoms with Crippen LogP contribution in [0.25, 0.3) is 0 Å². The predicted octanol–water partition coefficient (Wildman–Crippen LogP) is 1.42. The van der Waals surface area contributed by atoms with Crippen molar-refractivity contribution in [3.8, 4) is 0 Å². The number of nitrogens with two attached hydrogens (primary N) is 1. The molecular formula is C13H21N3O2. The number of esters is 1. The molecule has 100 valence electrons. The second-order valence-electron chi connectivity index (χ2n) is 5.66. The molecule has 18 heavy (non-hydrogen) atoms. The van der Waals surface area contributed by atoms with Gasteiger partial charge in [-0.25, -0.2) is 0 Å². The number of aromatic nitrogens is 2. The maximum absolute atomic E-state index is 11.5. The van der Waals surface area contributed by atoms with Crippen molar-refractivity contribution in [2.45, 2.75) is 46.2 Å². The Morgan fingerprint density at radius 1 is 1.67 bits per heavy atom. The largest absolute Gasteiger partial charge is 0.465 e. The number of rotatable bonds is 3. The number of ether oxygens (including phenoxy) is 1. The number of nitrogens with zero attached hydrogens (tertiary/aromatic N) is 2. The smallest absolute Gasteiger partial charge is 0.327 e. The number of hydrogen-bond donors (Lipinski definition) is 1. The average molecular weight is 251 g/mol. The Bertz CT molecular complexity index is 451. The maximum atomic E-state index is 11.5. The van der Waals surface area contributed by atoms with E-state index in [9.17, 15) is 4.79 Å². The Morgan fingerprint density at radius 3 is 3.06 bits per heavy atom. The molecule has 0 saturated heterocycles. The molecule has 1 aromatic rings. The van der Waals surface area contributed by atoms with Crippen LogP contribution in [0, 0.1) is 5.41 Å². The molecule has 0 amide bonds. The summed E-state index contributed by atoms with van der Waals surface area (Å²) in [5.74, 6) is -0.250. The van der Waals surface area contributed by atoms with Crippen LogP contribution in [0.1, 0.15) is 44.5 Å². The molecule has 1 aliphatic carbocycles. The summed E-state index contributed by atoms with van der Waals surface area (Å²) < 4.78 is 6.68.